The number of para-hydroxylation sites is 1. The summed E-state index contributed by atoms with van der Waals surface area (Å²) in [7, 11) is 0. The molecule has 1 heteroatoms. The Morgan fingerprint density at radius 2 is 1.52 bits per heavy atom. The lowest BCUT2D eigenvalue weighted by atomic mass is 9.75. The van der Waals surface area contributed by atoms with Crippen LogP contribution in [0.5, 0.6) is 11.5 Å². The molecule has 0 N–H and O–H groups in total. The highest BCUT2D eigenvalue weighted by Crippen LogP contribution is 2.34. The van der Waals surface area contributed by atoms with Crippen molar-refractivity contribution < 1.29 is 4.74 Å². The fourth-order valence-electron chi connectivity index (χ4n) is 3.87. The van der Waals surface area contributed by atoms with E-state index < -0.39 is 0 Å². The Morgan fingerprint density at radius 3 is 2.17 bits per heavy atom. The van der Waals surface area contributed by atoms with Gasteiger partial charge in [-0.3, -0.25) is 0 Å². The highest BCUT2D eigenvalue weighted by molar-refractivity contribution is 5.34. The van der Waals surface area contributed by atoms with Crippen molar-refractivity contribution in [1.29, 1.82) is 0 Å². The highest BCUT2D eigenvalue weighted by Gasteiger charge is 2.24. The van der Waals surface area contributed by atoms with Crippen molar-refractivity contribution in [2.75, 3.05) is 0 Å². The predicted octanol–water partition coefficient (Wildman–Crippen LogP) is 8.29. The lowest BCUT2D eigenvalue weighted by Gasteiger charge is -2.29. The van der Waals surface area contributed by atoms with Gasteiger partial charge in [-0.2, -0.15) is 0 Å². The van der Waals surface area contributed by atoms with Gasteiger partial charge in [-0.05, 0) is 78.0 Å². The highest BCUT2D eigenvalue weighted by atomic mass is 16.5. The van der Waals surface area contributed by atoms with E-state index in [0.717, 1.165) is 24.3 Å². The van der Waals surface area contributed by atoms with Gasteiger partial charge in [0.05, 0.1) is 0 Å². The third-order valence-corrected chi connectivity index (χ3v) is 6.13. The molecule has 0 amide bonds. The predicted molar refractivity (Wildman–Crippen MR) is 124 cm³/mol. The van der Waals surface area contributed by atoms with Crippen LogP contribution in [0, 0.1) is 0 Å². The molecule has 1 unspecified atom stereocenters. The van der Waals surface area contributed by atoms with Crippen LogP contribution in [0.1, 0.15) is 69.6 Å². The first kappa shape index (κ1) is 21.2. The van der Waals surface area contributed by atoms with Gasteiger partial charge in [-0.1, -0.05) is 82.3 Å². The molecule has 0 bridgehead atoms. The van der Waals surface area contributed by atoms with E-state index in [2.05, 4.69) is 70.2 Å². The molecule has 0 saturated heterocycles. The van der Waals surface area contributed by atoms with Crippen LogP contribution in [0.4, 0.5) is 0 Å². The first-order valence-corrected chi connectivity index (χ1v) is 10.9. The van der Waals surface area contributed by atoms with Crippen molar-refractivity contribution in [3.63, 3.8) is 0 Å². The summed E-state index contributed by atoms with van der Waals surface area (Å²) in [6, 6.07) is 27.8. The zero-order valence-electron chi connectivity index (χ0n) is 18.3. The van der Waals surface area contributed by atoms with Crippen molar-refractivity contribution in [1.82, 2.24) is 0 Å². The second kappa shape index (κ2) is 9.78. The number of rotatable bonds is 9. The van der Waals surface area contributed by atoms with Crippen LogP contribution in [0.25, 0.3) is 0 Å². The van der Waals surface area contributed by atoms with Gasteiger partial charge in [0.25, 0.3) is 0 Å². The van der Waals surface area contributed by atoms with Gasteiger partial charge in [-0.15, -0.1) is 0 Å². The summed E-state index contributed by atoms with van der Waals surface area (Å²) < 4.78 is 5.99. The molecule has 1 atom stereocenters. The standard InChI is InChI=1S/C28H34O/c1-5-28(4,25-18-16-24(17-19-25)22(2)3)20-10-12-23-11-9-15-27(21-23)29-26-13-7-6-8-14-26/h6-9,11,13-19,21-22H,5,10,12,20H2,1-4H3. The van der Waals surface area contributed by atoms with Gasteiger partial charge in [0.2, 0.25) is 0 Å². The molecule has 3 rings (SSSR count). The molecule has 0 fully saturated rings. The monoisotopic (exact) mass is 386 g/mol. The average Bonchev–Trinajstić information content (AvgIpc) is 2.74. The Kier molecular flexibility index (Phi) is 7.14. The van der Waals surface area contributed by atoms with Gasteiger partial charge in [0.1, 0.15) is 11.5 Å². The molecule has 0 aromatic heterocycles. The third-order valence-electron chi connectivity index (χ3n) is 6.13. The Bertz CT molecular complexity index is 880. The summed E-state index contributed by atoms with van der Waals surface area (Å²) in [5, 5.41) is 0. The summed E-state index contributed by atoms with van der Waals surface area (Å²) in [6.07, 6.45) is 4.59. The topological polar surface area (TPSA) is 9.23 Å². The van der Waals surface area contributed by atoms with Crippen LogP contribution in [0.3, 0.4) is 0 Å². The van der Waals surface area contributed by atoms with Crippen molar-refractivity contribution in [3.05, 3.63) is 95.6 Å². The van der Waals surface area contributed by atoms with E-state index in [-0.39, 0.29) is 5.41 Å². The van der Waals surface area contributed by atoms with Crippen LogP contribution in [-0.2, 0) is 11.8 Å². The molecule has 3 aromatic rings. The fourth-order valence-corrected chi connectivity index (χ4v) is 3.87. The Labute approximate surface area is 176 Å². The zero-order valence-corrected chi connectivity index (χ0v) is 18.3. The van der Waals surface area contributed by atoms with Crippen LogP contribution in [0.15, 0.2) is 78.9 Å². The number of hydrogen-bond acceptors (Lipinski definition) is 1. The molecule has 0 heterocycles. The Hall–Kier alpha value is -2.54. The van der Waals surface area contributed by atoms with E-state index in [1.165, 1.54) is 29.5 Å². The molecule has 0 aliphatic carbocycles. The van der Waals surface area contributed by atoms with E-state index in [1.807, 2.05) is 36.4 Å². The van der Waals surface area contributed by atoms with Crippen LogP contribution >= 0.6 is 0 Å². The molecular formula is C28H34O. The number of ether oxygens (including phenoxy) is 1. The maximum absolute atomic E-state index is 5.99. The van der Waals surface area contributed by atoms with E-state index in [9.17, 15) is 0 Å². The molecule has 29 heavy (non-hydrogen) atoms. The third kappa shape index (κ3) is 5.73. The van der Waals surface area contributed by atoms with Gasteiger partial charge >= 0.3 is 0 Å². The molecule has 0 aliphatic rings. The molecule has 0 aliphatic heterocycles. The Morgan fingerprint density at radius 1 is 0.828 bits per heavy atom. The summed E-state index contributed by atoms with van der Waals surface area (Å²) in [6.45, 7) is 9.23. The quantitative estimate of drug-likeness (QED) is 0.359. The molecule has 1 nitrogen and oxygen atoms in total. The fraction of sp³-hybridized carbons (Fsp3) is 0.357. The number of benzene rings is 3. The summed E-state index contributed by atoms with van der Waals surface area (Å²) in [4.78, 5) is 0. The molecule has 0 spiro atoms. The minimum Gasteiger partial charge on any atom is -0.457 e. The van der Waals surface area contributed by atoms with Crippen LogP contribution < -0.4 is 4.74 Å². The molecule has 3 aromatic carbocycles. The van der Waals surface area contributed by atoms with Crippen molar-refractivity contribution in [3.8, 4) is 11.5 Å². The first-order chi connectivity index (χ1) is 14.0. The van der Waals surface area contributed by atoms with Crippen LogP contribution in [0.2, 0.25) is 0 Å². The average molecular weight is 387 g/mol. The minimum atomic E-state index is 0.230. The van der Waals surface area contributed by atoms with Gasteiger partial charge in [0.15, 0.2) is 0 Å². The molecule has 0 radical (unpaired) electrons. The lowest BCUT2D eigenvalue weighted by Crippen LogP contribution is -2.21. The molecular weight excluding hydrogens is 352 g/mol. The van der Waals surface area contributed by atoms with E-state index in [0.29, 0.717) is 5.92 Å². The maximum atomic E-state index is 5.99. The maximum Gasteiger partial charge on any atom is 0.127 e. The van der Waals surface area contributed by atoms with Gasteiger partial charge in [-0.25, -0.2) is 0 Å². The van der Waals surface area contributed by atoms with E-state index in [1.54, 1.807) is 0 Å². The SMILES string of the molecule is CCC(C)(CCCc1cccc(Oc2ccccc2)c1)c1ccc(C(C)C)cc1. The summed E-state index contributed by atoms with van der Waals surface area (Å²) in [5.41, 5.74) is 4.45. The van der Waals surface area contributed by atoms with E-state index in [4.69, 9.17) is 4.74 Å². The van der Waals surface area contributed by atoms with Crippen molar-refractivity contribution >= 4 is 0 Å². The summed E-state index contributed by atoms with van der Waals surface area (Å²) in [5.74, 6) is 2.38. The molecule has 152 valence electrons. The normalized spacial score (nSPS) is 13.3. The minimum absolute atomic E-state index is 0.230. The number of aryl methyl sites for hydroxylation is 1. The number of hydrogen-bond donors (Lipinski definition) is 0. The van der Waals surface area contributed by atoms with Crippen molar-refractivity contribution in [2.24, 2.45) is 0 Å². The second-order valence-electron chi connectivity index (χ2n) is 8.61. The zero-order chi connectivity index (χ0) is 20.7. The van der Waals surface area contributed by atoms with E-state index >= 15 is 0 Å². The largest absolute Gasteiger partial charge is 0.457 e. The van der Waals surface area contributed by atoms with Crippen LogP contribution in [-0.4, -0.2) is 0 Å². The molecule has 0 saturated carbocycles. The second-order valence-corrected chi connectivity index (χ2v) is 8.61. The smallest absolute Gasteiger partial charge is 0.127 e. The Balaban J connectivity index is 1.61. The van der Waals surface area contributed by atoms with Crippen molar-refractivity contribution in [2.45, 2.75) is 64.7 Å². The first-order valence-electron chi connectivity index (χ1n) is 10.9. The van der Waals surface area contributed by atoms with Gasteiger partial charge in [0, 0.05) is 0 Å². The summed E-state index contributed by atoms with van der Waals surface area (Å²) >= 11 is 0. The lowest BCUT2D eigenvalue weighted by molar-refractivity contribution is 0.405. The van der Waals surface area contributed by atoms with Gasteiger partial charge < -0.3 is 4.74 Å².